The van der Waals surface area contributed by atoms with Gasteiger partial charge in [-0.2, -0.15) is 0 Å². The van der Waals surface area contributed by atoms with Crippen molar-refractivity contribution in [3.05, 3.63) is 47.5 Å². The van der Waals surface area contributed by atoms with Crippen LogP contribution >= 0.6 is 0 Å². The third-order valence-corrected chi connectivity index (χ3v) is 4.48. The van der Waals surface area contributed by atoms with Crippen molar-refractivity contribution in [3.63, 3.8) is 0 Å². The number of amides is 2. The molecular weight excluding hydrogens is 300 g/mol. The van der Waals surface area contributed by atoms with Gasteiger partial charge in [-0.1, -0.05) is 42.8 Å². The normalized spacial score (nSPS) is 16.4. The highest BCUT2D eigenvalue weighted by atomic mass is 16.2. The van der Waals surface area contributed by atoms with Crippen molar-refractivity contribution in [2.24, 2.45) is 0 Å². The zero-order valence-electron chi connectivity index (χ0n) is 14.9. The molecule has 1 saturated heterocycles. The highest BCUT2D eigenvalue weighted by molar-refractivity contribution is 5.88. The van der Waals surface area contributed by atoms with Gasteiger partial charge in [0.1, 0.15) is 0 Å². The number of nitrogens with one attached hydrogen (secondary N) is 1. The van der Waals surface area contributed by atoms with E-state index in [0.29, 0.717) is 13.1 Å². The molecule has 1 aromatic carbocycles. The number of hydrogen-bond acceptors (Lipinski definition) is 2. The summed E-state index contributed by atoms with van der Waals surface area (Å²) < 4.78 is 0. The molecule has 0 saturated carbocycles. The molecular formula is C20H28N2O2. The fourth-order valence-electron chi connectivity index (χ4n) is 3.21. The lowest BCUT2D eigenvalue weighted by Crippen LogP contribution is -2.47. The number of likely N-dealkylation sites (tertiary alicyclic amines) is 1. The van der Waals surface area contributed by atoms with Gasteiger partial charge >= 0.3 is 0 Å². The average molecular weight is 328 g/mol. The van der Waals surface area contributed by atoms with Crippen LogP contribution < -0.4 is 5.32 Å². The molecule has 0 aliphatic carbocycles. The molecule has 1 aliphatic heterocycles. The largest absolute Gasteiger partial charge is 0.350 e. The molecule has 1 aromatic rings. The van der Waals surface area contributed by atoms with E-state index in [4.69, 9.17) is 0 Å². The zero-order valence-corrected chi connectivity index (χ0v) is 14.9. The van der Waals surface area contributed by atoms with Crippen LogP contribution in [0, 0.1) is 0 Å². The SMILES string of the molecule is CCC(C(=O)N1CCC(NC(=O)C=C(C)C)CC1)c1ccccc1. The summed E-state index contributed by atoms with van der Waals surface area (Å²) in [6.07, 6.45) is 4.07. The van der Waals surface area contributed by atoms with Crippen molar-refractivity contribution in [1.82, 2.24) is 10.2 Å². The van der Waals surface area contributed by atoms with Crippen LogP contribution in [0.3, 0.4) is 0 Å². The summed E-state index contributed by atoms with van der Waals surface area (Å²) in [7, 11) is 0. The standard InChI is InChI=1S/C20H28N2O2/c1-4-18(16-8-6-5-7-9-16)20(24)22-12-10-17(11-13-22)21-19(23)14-15(2)3/h5-9,14,17-18H,4,10-13H2,1-3H3,(H,21,23). The molecule has 24 heavy (non-hydrogen) atoms. The van der Waals surface area contributed by atoms with Gasteiger partial charge < -0.3 is 10.2 Å². The quantitative estimate of drug-likeness (QED) is 0.844. The van der Waals surface area contributed by atoms with Crippen LogP contribution in [0.2, 0.25) is 0 Å². The molecule has 1 fully saturated rings. The Morgan fingerprint density at radius 2 is 1.83 bits per heavy atom. The zero-order chi connectivity index (χ0) is 17.5. The van der Waals surface area contributed by atoms with Gasteiger partial charge in [-0.25, -0.2) is 0 Å². The van der Waals surface area contributed by atoms with E-state index in [1.807, 2.05) is 49.1 Å². The molecule has 1 atom stereocenters. The third-order valence-electron chi connectivity index (χ3n) is 4.48. The predicted octanol–water partition coefficient (Wildman–Crippen LogP) is 3.25. The number of benzene rings is 1. The molecule has 4 heteroatoms. The third kappa shape index (κ3) is 4.95. The summed E-state index contributed by atoms with van der Waals surface area (Å²) in [5.41, 5.74) is 2.08. The smallest absolute Gasteiger partial charge is 0.244 e. The van der Waals surface area contributed by atoms with Crippen LogP contribution in [0.5, 0.6) is 0 Å². The molecule has 0 spiro atoms. The van der Waals surface area contributed by atoms with Gasteiger partial charge in [-0.15, -0.1) is 0 Å². The van der Waals surface area contributed by atoms with Crippen LogP contribution in [0.4, 0.5) is 0 Å². The Kier molecular flexibility index (Phi) is 6.59. The van der Waals surface area contributed by atoms with E-state index in [9.17, 15) is 9.59 Å². The summed E-state index contributed by atoms with van der Waals surface area (Å²) >= 11 is 0. The van der Waals surface area contributed by atoms with E-state index >= 15 is 0 Å². The first-order valence-corrected chi connectivity index (χ1v) is 8.80. The van der Waals surface area contributed by atoms with Crippen molar-refractivity contribution >= 4 is 11.8 Å². The van der Waals surface area contributed by atoms with E-state index in [2.05, 4.69) is 12.2 Å². The predicted molar refractivity (Wildman–Crippen MR) is 96.6 cm³/mol. The Labute approximate surface area is 144 Å². The average Bonchev–Trinajstić information content (AvgIpc) is 2.56. The lowest BCUT2D eigenvalue weighted by atomic mass is 9.93. The van der Waals surface area contributed by atoms with Gasteiger partial charge in [-0.05, 0) is 38.7 Å². The summed E-state index contributed by atoms with van der Waals surface area (Å²) in [6, 6.07) is 10.2. The van der Waals surface area contributed by atoms with Crippen molar-refractivity contribution in [1.29, 1.82) is 0 Å². The van der Waals surface area contributed by atoms with Crippen LogP contribution in [-0.4, -0.2) is 35.8 Å². The Hall–Kier alpha value is -2.10. The van der Waals surface area contributed by atoms with Crippen molar-refractivity contribution in [2.75, 3.05) is 13.1 Å². The molecule has 2 amide bonds. The molecule has 0 radical (unpaired) electrons. The van der Waals surface area contributed by atoms with E-state index in [1.165, 1.54) is 0 Å². The van der Waals surface area contributed by atoms with Gasteiger partial charge in [-0.3, -0.25) is 9.59 Å². The van der Waals surface area contributed by atoms with Gasteiger partial charge in [0.05, 0.1) is 5.92 Å². The van der Waals surface area contributed by atoms with Crippen LogP contribution in [0.15, 0.2) is 42.0 Å². The van der Waals surface area contributed by atoms with Crippen LogP contribution in [-0.2, 0) is 9.59 Å². The summed E-state index contributed by atoms with van der Waals surface area (Å²) in [4.78, 5) is 26.6. The minimum absolute atomic E-state index is 0.0319. The van der Waals surface area contributed by atoms with E-state index in [-0.39, 0.29) is 23.8 Å². The molecule has 0 aromatic heterocycles. The summed E-state index contributed by atoms with van der Waals surface area (Å²) in [5, 5.41) is 3.03. The molecule has 1 heterocycles. The Morgan fingerprint density at radius 3 is 2.38 bits per heavy atom. The molecule has 2 rings (SSSR count). The molecule has 1 aliphatic rings. The number of rotatable bonds is 5. The van der Waals surface area contributed by atoms with Gasteiger partial charge in [0.25, 0.3) is 0 Å². The fraction of sp³-hybridized carbons (Fsp3) is 0.500. The topological polar surface area (TPSA) is 49.4 Å². The first-order valence-electron chi connectivity index (χ1n) is 8.80. The highest BCUT2D eigenvalue weighted by Gasteiger charge is 2.28. The fourth-order valence-corrected chi connectivity index (χ4v) is 3.21. The van der Waals surface area contributed by atoms with Crippen molar-refractivity contribution in [2.45, 2.75) is 52.0 Å². The van der Waals surface area contributed by atoms with Gasteiger partial charge in [0.15, 0.2) is 0 Å². The van der Waals surface area contributed by atoms with Crippen LogP contribution in [0.25, 0.3) is 0 Å². The highest BCUT2D eigenvalue weighted by Crippen LogP contribution is 2.24. The second kappa shape index (κ2) is 8.67. The van der Waals surface area contributed by atoms with Gasteiger partial charge in [0.2, 0.25) is 11.8 Å². The van der Waals surface area contributed by atoms with Gasteiger partial charge in [0, 0.05) is 25.2 Å². The molecule has 1 unspecified atom stereocenters. The first kappa shape index (κ1) is 18.2. The Morgan fingerprint density at radius 1 is 1.21 bits per heavy atom. The lowest BCUT2D eigenvalue weighted by molar-refractivity contribution is -0.134. The molecule has 4 nitrogen and oxygen atoms in total. The Balaban J connectivity index is 1.90. The number of carbonyl (C=O) groups excluding carboxylic acids is 2. The lowest BCUT2D eigenvalue weighted by Gasteiger charge is -2.34. The number of carbonyl (C=O) groups is 2. The molecule has 130 valence electrons. The van der Waals surface area contributed by atoms with Crippen molar-refractivity contribution < 1.29 is 9.59 Å². The summed E-state index contributed by atoms with van der Waals surface area (Å²) in [5.74, 6) is 0.108. The minimum Gasteiger partial charge on any atom is -0.350 e. The number of hydrogen-bond donors (Lipinski definition) is 1. The maximum atomic E-state index is 12.8. The maximum Gasteiger partial charge on any atom is 0.244 e. The van der Waals surface area contributed by atoms with E-state index in [1.54, 1.807) is 6.08 Å². The number of allylic oxidation sites excluding steroid dienone is 1. The minimum atomic E-state index is -0.0667. The van der Waals surface area contributed by atoms with Crippen molar-refractivity contribution in [3.8, 4) is 0 Å². The van der Waals surface area contributed by atoms with E-state index in [0.717, 1.165) is 30.4 Å². The first-order chi connectivity index (χ1) is 11.5. The van der Waals surface area contributed by atoms with Crippen LogP contribution in [0.1, 0.15) is 51.5 Å². The molecule has 1 N–H and O–H groups in total. The second-order valence-corrected chi connectivity index (χ2v) is 6.70. The summed E-state index contributed by atoms with van der Waals surface area (Å²) in [6.45, 7) is 7.30. The monoisotopic (exact) mass is 328 g/mol. The second-order valence-electron chi connectivity index (χ2n) is 6.70. The number of piperidine rings is 1. The molecule has 0 bridgehead atoms. The van der Waals surface area contributed by atoms with E-state index < -0.39 is 0 Å². The Bertz CT molecular complexity index is 583. The maximum absolute atomic E-state index is 12.8. The number of nitrogens with zero attached hydrogens (tertiary/aromatic N) is 1.